The molecule has 0 aliphatic rings. The van der Waals surface area contributed by atoms with Crippen LogP contribution < -0.4 is 15.2 Å². The topological polar surface area (TPSA) is 74.4 Å². The number of benzene rings is 1. The number of nitrogens with zero attached hydrogens (tertiary/aromatic N) is 1. The number of ketones is 1. The average molecular weight is 272 g/mol. The highest BCUT2D eigenvalue weighted by Crippen LogP contribution is 2.27. The number of hydrogen-bond acceptors (Lipinski definition) is 5. The van der Waals surface area contributed by atoms with Crippen molar-refractivity contribution in [3.63, 3.8) is 0 Å². The molecule has 2 aromatic rings. The van der Waals surface area contributed by atoms with E-state index < -0.39 is 0 Å². The Balaban J connectivity index is 2.38. The molecule has 1 aromatic carbocycles. The Hall–Kier alpha value is -2.56. The van der Waals surface area contributed by atoms with Crippen molar-refractivity contribution < 1.29 is 14.3 Å². The van der Waals surface area contributed by atoms with Crippen molar-refractivity contribution in [3.05, 3.63) is 47.8 Å². The van der Waals surface area contributed by atoms with Crippen LogP contribution in [0.1, 0.15) is 22.8 Å². The smallest absolute Gasteiger partial charge is 0.196 e. The summed E-state index contributed by atoms with van der Waals surface area (Å²) in [5.74, 6) is 0.819. The van der Waals surface area contributed by atoms with E-state index in [-0.39, 0.29) is 5.78 Å². The number of hydrogen-bond donors (Lipinski definition) is 1. The standard InChI is InChI=1S/C15H16N2O3/c1-3-20-11-7-10(8-17-9-11)15(18)12-5-4-6-13(19-2)14(12)16/h4-9H,3,16H2,1-2H3. The molecule has 0 aliphatic carbocycles. The number of nitrogen functional groups attached to an aromatic ring is 1. The molecule has 0 atom stereocenters. The van der Waals surface area contributed by atoms with Gasteiger partial charge in [0.15, 0.2) is 5.78 Å². The molecule has 0 radical (unpaired) electrons. The predicted molar refractivity (Wildman–Crippen MR) is 76.2 cm³/mol. The van der Waals surface area contributed by atoms with Crippen molar-refractivity contribution in [3.8, 4) is 11.5 Å². The van der Waals surface area contributed by atoms with E-state index in [1.165, 1.54) is 13.3 Å². The summed E-state index contributed by atoms with van der Waals surface area (Å²) in [5, 5.41) is 0. The fourth-order valence-corrected chi connectivity index (χ4v) is 1.86. The van der Waals surface area contributed by atoms with E-state index in [0.717, 1.165) is 0 Å². The van der Waals surface area contributed by atoms with Gasteiger partial charge in [-0.25, -0.2) is 0 Å². The van der Waals surface area contributed by atoms with E-state index in [4.69, 9.17) is 15.2 Å². The lowest BCUT2D eigenvalue weighted by Crippen LogP contribution is -2.07. The lowest BCUT2D eigenvalue weighted by molar-refractivity contribution is 0.103. The summed E-state index contributed by atoms with van der Waals surface area (Å²) in [7, 11) is 1.51. The Labute approximate surface area is 117 Å². The number of nitrogens with two attached hydrogens (primary N) is 1. The van der Waals surface area contributed by atoms with Gasteiger partial charge >= 0.3 is 0 Å². The van der Waals surface area contributed by atoms with Crippen LogP contribution in [0.2, 0.25) is 0 Å². The number of aromatic nitrogens is 1. The Kier molecular flexibility index (Phi) is 4.20. The minimum atomic E-state index is -0.213. The predicted octanol–water partition coefficient (Wildman–Crippen LogP) is 2.30. The number of ether oxygens (including phenoxy) is 2. The van der Waals surface area contributed by atoms with E-state index in [9.17, 15) is 4.79 Å². The number of carbonyl (C=O) groups is 1. The third-order valence-electron chi connectivity index (χ3n) is 2.82. The molecule has 0 amide bonds. The summed E-state index contributed by atoms with van der Waals surface area (Å²) >= 11 is 0. The van der Waals surface area contributed by atoms with Crippen LogP contribution in [0.4, 0.5) is 5.69 Å². The number of pyridine rings is 1. The molecule has 2 rings (SSSR count). The SMILES string of the molecule is CCOc1cncc(C(=O)c2cccc(OC)c2N)c1. The summed E-state index contributed by atoms with van der Waals surface area (Å²) in [4.78, 5) is 16.5. The molecular weight excluding hydrogens is 256 g/mol. The van der Waals surface area contributed by atoms with Gasteiger partial charge in [-0.2, -0.15) is 0 Å². The lowest BCUT2D eigenvalue weighted by atomic mass is 10.0. The van der Waals surface area contributed by atoms with E-state index >= 15 is 0 Å². The molecule has 5 heteroatoms. The maximum Gasteiger partial charge on any atom is 0.196 e. The first-order valence-electron chi connectivity index (χ1n) is 6.22. The highest BCUT2D eigenvalue weighted by Gasteiger charge is 2.16. The molecule has 0 unspecified atom stereocenters. The summed E-state index contributed by atoms with van der Waals surface area (Å²) < 4.78 is 10.5. The summed E-state index contributed by atoms with van der Waals surface area (Å²) in [6.07, 6.45) is 3.05. The Morgan fingerprint density at radius 3 is 2.85 bits per heavy atom. The molecule has 104 valence electrons. The van der Waals surface area contributed by atoms with Crippen molar-refractivity contribution >= 4 is 11.5 Å². The molecule has 5 nitrogen and oxygen atoms in total. The number of para-hydroxylation sites is 1. The van der Waals surface area contributed by atoms with Crippen LogP contribution in [0.5, 0.6) is 11.5 Å². The quantitative estimate of drug-likeness (QED) is 0.667. The number of rotatable bonds is 5. The first kappa shape index (κ1) is 13.9. The van der Waals surface area contributed by atoms with E-state index in [2.05, 4.69) is 4.98 Å². The van der Waals surface area contributed by atoms with Gasteiger partial charge < -0.3 is 15.2 Å². The fraction of sp³-hybridized carbons (Fsp3) is 0.200. The number of anilines is 1. The zero-order valence-corrected chi connectivity index (χ0v) is 11.4. The molecule has 0 spiro atoms. The van der Waals surface area contributed by atoms with E-state index in [0.29, 0.717) is 34.9 Å². The molecule has 0 saturated carbocycles. The Bertz CT molecular complexity index is 626. The Morgan fingerprint density at radius 1 is 1.35 bits per heavy atom. The summed E-state index contributed by atoms with van der Waals surface area (Å²) in [6, 6.07) is 6.74. The number of methoxy groups -OCH3 is 1. The molecule has 20 heavy (non-hydrogen) atoms. The minimum Gasteiger partial charge on any atom is -0.495 e. The van der Waals surface area contributed by atoms with Crippen LogP contribution in [-0.4, -0.2) is 24.5 Å². The molecule has 0 saturated heterocycles. The van der Waals surface area contributed by atoms with Gasteiger partial charge in [-0.3, -0.25) is 9.78 Å². The minimum absolute atomic E-state index is 0.213. The van der Waals surface area contributed by atoms with Crippen LogP contribution >= 0.6 is 0 Å². The lowest BCUT2D eigenvalue weighted by Gasteiger charge is -2.09. The second kappa shape index (κ2) is 6.06. The summed E-state index contributed by atoms with van der Waals surface area (Å²) in [6.45, 7) is 2.38. The Morgan fingerprint density at radius 2 is 2.15 bits per heavy atom. The molecule has 1 aromatic heterocycles. The van der Waals surface area contributed by atoms with Crippen molar-refractivity contribution in [2.45, 2.75) is 6.92 Å². The fourth-order valence-electron chi connectivity index (χ4n) is 1.86. The maximum atomic E-state index is 12.5. The third-order valence-corrected chi connectivity index (χ3v) is 2.82. The largest absolute Gasteiger partial charge is 0.495 e. The van der Waals surface area contributed by atoms with Gasteiger partial charge in [0.2, 0.25) is 0 Å². The zero-order valence-electron chi connectivity index (χ0n) is 11.4. The van der Waals surface area contributed by atoms with Gasteiger partial charge in [0.25, 0.3) is 0 Å². The normalized spacial score (nSPS) is 10.1. The molecule has 2 N–H and O–H groups in total. The van der Waals surface area contributed by atoms with Gasteiger partial charge in [-0.1, -0.05) is 6.07 Å². The number of carbonyl (C=O) groups excluding carboxylic acids is 1. The van der Waals surface area contributed by atoms with Crippen molar-refractivity contribution in [2.24, 2.45) is 0 Å². The van der Waals surface area contributed by atoms with Crippen molar-refractivity contribution in [1.82, 2.24) is 4.98 Å². The molecular formula is C15H16N2O3. The first-order valence-corrected chi connectivity index (χ1v) is 6.22. The zero-order chi connectivity index (χ0) is 14.5. The van der Waals surface area contributed by atoms with Crippen LogP contribution in [0.25, 0.3) is 0 Å². The first-order chi connectivity index (χ1) is 9.67. The van der Waals surface area contributed by atoms with Gasteiger partial charge in [0.1, 0.15) is 11.5 Å². The van der Waals surface area contributed by atoms with Crippen LogP contribution in [0.15, 0.2) is 36.7 Å². The molecule has 0 fully saturated rings. The van der Waals surface area contributed by atoms with Crippen molar-refractivity contribution in [2.75, 3.05) is 19.5 Å². The highest BCUT2D eigenvalue weighted by atomic mass is 16.5. The second-order valence-corrected chi connectivity index (χ2v) is 4.09. The molecule has 1 heterocycles. The molecule has 0 bridgehead atoms. The maximum absolute atomic E-state index is 12.5. The monoisotopic (exact) mass is 272 g/mol. The van der Waals surface area contributed by atoms with Crippen LogP contribution in [0, 0.1) is 0 Å². The highest BCUT2D eigenvalue weighted by molar-refractivity contribution is 6.12. The van der Waals surface area contributed by atoms with Crippen molar-refractivity contribution in [1.29, 1.82) is 0 Å². The van der Waals surface area contributed by atoms with Gasteiger partial charge in [-0.05, 0) is 25.1 Å². The van der Waals surface area contributed by atoms with Crippen LogP contribution in [0.3, 0.4) is 0 Å². The third kappa shape index (κ3) is 2.71. The van der Waals surface area contributed by atoms with Gasteiger partial charge in [-0.15, -0.1) is 0 Å². The molecule has 0 aliphatic heterocycles. The second-order valence-electron chi connectivity index (χ2n) is 4.09. The van der Waals surface area contributed by atoms with Gasteiger partial charge in [0.05, 0.1) is 25.6 Å². The summed E-state index contributed by atoms with van der Waals surface area (Å²) in [5.41, 5.74) is 7.07. The van der Waals surface area contributed by atoms with Crippen LogP contribution in [-0.2, 0) is 0 Å². The van der Waals surface area contributed by atoms with E-state index in [1.807, 2.05) is 6.92 Å². The van der Waals surface area contributed by atoms with E-state index in [1.54, 1.807) is 30.5 Å². The average Bonchev–Trinajstić information content (AvgIpc) is 2.47. The van der Waals surface area contributed by atoms with Gasteiger partial charge in [0, 0.05) is 17.3 Å².